The summed E-state index contributed by atoms with van der Waals surface area (Å²) < 4.78 is 0. The molecule has 0 aliphatic heterocycles. The van der Waals surface area contributed by atoms with Crippen LogP contribution in [0.5, 0.6) is 0 Å². The Balaban J connectivity index is 2.33. The van der Waals surface area contributed by atoms with Crippen molar-refractivity contribution in [2.24, 2.45) is 0 Å². The highest BCUT2D eigenvalue weighted by Crippen LogP contribution is 2.34. The van der Waals surface area contributed by atoms with Gasteiger partial charge in [0.25, 0.3) is 0 Å². The summed E-state index contributed by atoms with van der Waals surface area (Å²) in [5.74, 6) is 0. The van der Waals surface area contributed by atoms with Gasteiger partial charge in [0.15, 0.2) is 0 Å². The first-order chi connectivity index (χ1) is 9.27. The van der Waals surface area contributed by atoms with E-state index in [1.807, 2.05) is 60.7 Å². The Morgan fingerprint density at radius 3 is 1.63 bits per heavy atom. The molecule has 2 aromatic rings. The van der Waals surface area contributed by atoms with E-state index in [9.17, 15) is 5.11 Å². The van der Waals surface area contributed by atoms with Gasteiger partial charge in [-0.3, -0.25) is 0 Å². The van der Waals surface area contributed by atoms with E-state index in [0.717, 1.165) is 17.5 Å². The predicted molar refractivity (Wildman–Crippen MR) is 76.8 cm³/mol. The van der Waals surface area contributed by atoms with Crippen molar-refractivity contribution in [2.75, 3.05) is 6.61 Å². The minimum absolute atomic E-state index is 0.166. The lowest BCUT2D eigenvalue weighted by molar-refractivity contribution is 0.0664. The smallest absolute Gasteiger partial charge is 0.115 e. The first kappa shape index (κ1) is 13.8. The molecule has 0 unspecified atom stereocenters. The number of hydrogen-bond acceptors (Lipinski definition) is 2. The molecule has 2 heteroatoms. The highest BCUT2D eigenvalue weighted by atomic mass is 16.3. The molecule has 0 spiro atoms. The van der Waals surface area contributed by atoms with Crippen molar-refractivity contribution < 1.29 is 10.2 Å². The molecule has 2 N–H and O–H groups in total. The summed E-state index contributed by atoms with van der Waals surface area (Å²) >= 11 is 0. The van der Waals surface area contributed by atoms with Crippen molar-refractivity contribution in [1.29, 1.82) is 0 Å². The number of benzene rings is 2. The molecule has 100 valence electrons. The van der Waals surface area contributed by atoms with Crippen molar-refractivity contribution in [3.63, 3.8) is 0 Å². The van der Waals surface area contributed by atoms with Crippen LogP contribution >= 0.6 is 0 Å². The van der Waals surface area contributed by atoms with Gasteiger partial charge in [0.2, 0.25) is 0 Å². The number of aliphatic hydroxyl groups is 2. The highest BCUT2D eigenvalue weighted by Gasteiger charge is 2.30. The SMILES string of the molecule is OCCCCC(O)(c1ccccc1)c1ccccc1. The lowest BCUT2D eigenvalue weighted by Gasteiger charge is -2.29. The summed E-state index contributed by atoms with van der Waals surface area (Å²) in [6.45, 7) is 0.166. The lowest BCUT2D eigenvalue weighted by Crippen LogP contribution is -2.27. The van der Waals surface area contributed by atoms with Crippen LogP contribution in [0, 0.1) is 0 Å². The number of hydrogen-bond donors (Lipinski definition) is 2. The summed E-state index contributed by atoms with van der Waals surface area (Å²) in [6.07, 6.45) is 2.11. The normalized spacial score (nSPS) is 11.5. The molecular formula is C17H20O2. The fourth-order valence-electron chi connectivity index (χ4n) is 2.38. The second-order valence-corrected chi connectivity index (χ2v) is 4.77. The van der Waals surface area contributed by atoms with E-state index in [4.69, 9.17) is 5.11 Å². The van der Waals surface area contributed by atoms with Crippen LogP contribution in [0.15, 0.2) is 60.7 Å². The minimum atomic E-state index is -0.975. The molecule has 0 heterocycles. The van der Waals surface area contributed by atoms with E-state index in [1.165, 1.54) is 0 Å². The molecule has 0 aromatic heterocycles. The van der Waals surface area contributed by atoms with E-state index in [-0.39, 0.29) is 6.61 Å². The van der Waals surface area contributed by atoms with Crippen LogP contribution in [0.1, 0.15) is 30.4 Å². The molecule has 0 fully saturated rings. The second-order valence-electron chi connectivity index (χ2n) is 4.77. The molecular weight excluding hydrogens is 236 g/mol. The predicted octanol–water partition coefficient (Wildman–Crippen LogP) is 3.09. The van der Waals surface area contributed by atoms with Gasteiger partial charge in [0.1, 0.15) is 5.60 Å². The second kappa shape index (κ2) is 6.50. The molecule has 2 nitrogen and oxygen atoms in total. The molecule has 0 radical (unpaired) electrons. The van der Waals surface area contributed by atoms with Crippen LogP contribution in [0.25, 0.3) is 0 Å². The van der Waals surface area contributed by atoms with Crippen molar-refractivity contribution in [2.45, 2.75) is 24.9 Å². The van der Waals surface area contributed by atoms with E-state index in [0.29, 0.717) is 12.8 Å². The average molecular weight is 256 g/mol. The van der Waals surface area contributed by atoms with Gasteiger partial charge in [-0.2, -0.15) is 0 Å². The van der Waals surface area contributed by atoms with Crippen LogP contribution < -0.4 is 0 Å². The summed E-state index contributed by atoms with van der Waals surface area (Å²) in [6, 6.07) is 19.5. The zero-order chi connectivity index (χ0) is 13.6. The average Bonchev–Trinajstić information content (AvgIpc) is 2.49. The first-order valence-corrected chi connectivity index (χ1v) is 6.71. The number of rotatable bonds is 6. The molecule has 0 aliphatic rings. The maximum absolute atomic E-state index is 11.1. The van der Waals surface area contributed by atoms with Crippen molar-refractivity contribution in [1.82, 2.24) is 0 Å². The Kier molecular flexibility index (Phi) is 4.72. The fraction of sp³-hybridized carbons (Fsp3) is 0.294. The highest BCUT2D eigenvalue weighted by molar-refractivity contribution is 5.35. The zero-order valence-corrected chi connectivity index (χ0v) is 11.0. The van der Waals surface area contributed by atoms with Gasteiger partial charge in [-0.25, -0.2) is 0 Å². The van der Waals surface area contributed by atoms with Gasteiger partial charge in [-0.05, 0) is 30.4 Å². The Bertz CT molecular complexity index is 440. The Morgan fingerprint density at radius 1 is 0.737 bits per heavy atom. The van der Waals surface area contributed by atoms with Gasteiger partial charge in [-0.15, -0.1) is 0 Å². The monoisotopic (exact) mass is 256 g/mol. The largest absolute Gasteiger partial charge is 0.396 e. The van der Waals surface area contributed by atoms with Crippen LogP contribution in [-0.2, 0) is 5.60 Å². The van der Waals surface area contributed by atoms with E-state index >= 15 is 0 Å². The zero-order valence-electron chi connectivity index (χ0n) is 11.0. The van der Waals surface area contributed by atoms with Gasteiger partial charge in [-0.1, -0.05) is 60.7 Å². The lowest BCUT2D eigenvalue weighted by atomic mass is 9.82. The van der Waals surface area contributed by atoms with Crippen LogP contribution in [0.2, 0.25) is 0 Å². The Labute approximate surface area is 114 Å². The molecule has 0 atom stereocenters. The summed E-state index contributed by atoms with van der Waals surface area (Å²) in [7, 11) is 0. The maximum Gasteiger partial charge on any atom is 0.115 e. The van der Waals surface area contributed by atoms with E-state index in [2.05, 4.69) is 0 Å². The van der Waals surface area contributed by atoms with Crippen molar-refractivity contribution in [3.05, 3.63) is 71.8 Å². The fourth-order valence-corrected chi connectivity index (χ4v) is 2.38. The molecule has 0 saturated heterocycles. The molecule has 2 aromatic carbocycles. The van der Waals surface area contributed by atoms with Crippen molar-refractivity contribution >= 4 is 0 Å². The van der Waals surface area contributed by atoms with Gasteiger partial charge >= 0.3 is 0 Å². The minimum Gasteiger partial charge on any atom is -0.396 e. The first-order valence-electron chi connectivity index (χ1n) is 6.71. The van der Waals surface area contributed by atoms with E-state index in [1.54, 1.807) is 0 Å². The molecule has 19 heavy (non-hydrogen) atoms. The quantitative estimate of drug-likeness (QED) is 0.780. The summed E-state index contributed by atoms with van der Waals surface area (Å²) in [5, 5.41) is 20.0. The third-order valence-corrected chi connectivity index (χ3v) is 3.45. The van der Waals surface area contributed by atoms with Crippen LogP contribution in [0.4, 0.5) is 0 Å². The molecule has 0 amide bonds. The van der Waals surface area contributed by atoms with Gasteiger partial charge < -0.3 is 10.2 Å². The topological polar surface area (TPSA) is 40.5 Å². The van der Waals surface area contributed by atoms with Crippen LogP contribution in [0.3, 0.4) is 0 Å². The van der Waals surface area contributed by atoms with Gasteiger partial charge in [0, 0.05) is 6.61 Å². The van der Waals surface area contributed by atoms with Crippen LogP contribution in [-0.4, -0.2) is 16.8 Å². The molecule has 0 bridgehead atoms. The Morgan fingerprint density at radius 2 is 1.21 bits per heavy atom. The summed E-state index contributed by atoms with van der Waals surface area (Å²) in [4.78, 5) is 0. The standard InChI is InChI=1S/C17H20O2/c18-14-8-7-13-17(19,15-9-3-1-4-10-15)16-11-5-2-6-12-16/h1-6,9-12,18-19H,7-8,13-14H2. The molecule has 0 aliphatic carbocycles. The van der Waals surface area contributed by atoms with E-state index < -0.39 is 5.60 Å². The maximum atomic E-state index is 11.1. The molecule has 2 rings (SSSR count). The van der Waals surface area contributed by atoms with Crippen molar-refractivity contribution in [3.8, 4) is 0 Å². The Hall–Kier alpha value is -1.64. The third-order valence-electron chi connectivity index (χ3n) is 3.45. The third kappa shape index (κ3) is 3.22. The number of aliphatic hydroxyl groups excluding tert-OH is 1. The molecule has 0 saturated carbocycles. The van der Waals surface area contributed by atoms with Gasteiger partial charge in [0.05, 0.1) is 0 Å². The number of unbranched alkanes of at least 4 members (excludes halogenated alkanes) is 1. The summed E-state index contributed by atoms with van der Waals surface area (Å²) in [5.41, 5.74) is 0.829.